The molecule has 0 N–H and O–H groups in total. The van der Waals surface area contributed by atoms with Crippen molar-refractivity contribution in [3.8, 4) is 0 Å². The van der Waals surface area contributed by atoms with Gasteiger partial charge in [0.2, 0.25) is 0 Å². The monoisotopic (exact) mass is 336 g/mol. The highest BCUT2D eigenvalue weighted by Crippen LogP contribution is 2.40. The lowest BCUT2D eigenvalue weighted by Gasteiger charge is -2.22. The fourth-order valence-corrected chi connectivity index (χ4v) is 3.91. The van der Waals surface area contributed by atoms with E-state index in [1.165, 1.54) is 22.3 Å². The van der Waals surface area contributed by atoms with Gasteiger partial charge in [-0.25, -0.2) is 4.79 Å². The van der Waals surface area contributed by atoms with E-state index in [0.29, 0.717) is 5.58 Å². The van der Waals surface area contributed by atoms with Gasteiger partial charge < -0.3 is 4.42 Å². The first kappa shape index (κ1) is 14.9. The standard InChI is InChI=1S/C24H16O2/c25-23-15-21(20-11-5-6-12-22(20)26-23)24-18-9-3-1-7-16(18)13-14-17-8-2-4-10-19(17)24/h1-15,24H. The highest BCUT2D eigenvalue weighted by Gasteiger charge is 2.25. The van der Waals surface area contributed by atoms with Crippen LogP contribution in [-0.4, -0.2) is 0 Å². The summed E-state index contributed by atoms with van der Waals surface area (Å²) in [5.74, 6) is -0.0219. The molecule has 1 heterocycles. The van der Waals surface area contributed by atoms with E-state index in [2.05, 4.69) is 48.6 Å². The topological polar surface area (TPSA) is 30.2 Å². The second-order valence-electron chi connectivity index (χ2n) is 6.54. The van der Waals surface area contributed by atoms with Crippen molar-refractivity contribution < 1.29 is 4.42 Å². The van der Waals surface area contributed by atoms with Crippen LogP contribution < -0.4 is 5.63 Å². The van der Waals surface area contributed by atoms with Crippen LogP contribution >= 0.6 is 0 Å². The number of hydrogen-bond acceptors (Lipinski definition) is 2. The van der Waals surface area contributed by atoms with Gasteiger partial charge in [-0.15, -0.1) is 0 Å². The van der Waals surface area contributed by atoms with Crippen LogP contribution in [0, 0.1) is 0 Å². The van der Waals surface area contributed by atoms with E-state index in [0.717, 1.165) is 10.9 Å². The maximum atomic E-state index is 12.3. The Balaban J connectivity index is 1.91. The molecule has 1 aromatic heterocycles. The van der Waals surface area contributed by atoms with Crippen molar-refractivity contribution in [3.05, 3.63) is 117 Å². The van der Waals surface area contributed by atoms with Crippen LogP contribution in [-0.2, 0) is 0 Å². The second kappa shape index (κ2) is 5.85. The molecule has 0 amide bonds. The maximum Gasteiger partial charge on any atom is 0.336 e. The fourth-order valence-electron chi connectivity index (χ4n) is 3.91. The lowest BCUT2D eigenvalue weighted by molar-refractivity contribution is 0.558. The highest BCUT2D eigenvalue weighted by atomic mass is 16.4. The number of rotatable bonds is 1. The maximum absolute atomic E-state index is 12.3. The summed E-state index contributed by atoms with van der Waals surface area (Å²) in [5.41, 5.74) is 6.04. The summed E-state index contributed by atoms with van der Waals surface area (Å²) in [4.78, 5) is 12.3. The van der Waals surface area contributed by atoms with Gasteiger partial charge in [-0.05, 0) is 33.9 Å². The summed E-state index contributed by atoms with van der Waals surface area (Å²) in [6, 6.07) is 26.2. The summed E-state index contributed by atoms with van der Waals surface area (Å²) in [6.07, 6.45) is 4.31. The Kier molecular flexibility index (Phi) is 3.36. The first-order chi connectivity index (χ1) is 12.8. The molecule has 0 atom stereocenters. The van der Waals surface area contributed by atoms with Crippen molar-refractivity contribution in [1.29, 1.82) is 0 Å². The Morgan fingerprint density at radius 3 is 1.92 bits per heavy atom. The van der Waals surface area contributed by atoms with Crippen molar-refractivity contribution in [2.75, 3.05) is 0 Å². The summed E-state index contributed by atoms with van der Waals surface area (Å²) < 4.78 is 5.43. The molecule has 2 heteroatoms. The van der Waals surface area contributed by atoms with Gasteiger partial charge >= 0.3 is 5.63 Å². The lowest BCUT2D eigenvalue weighted by Crippen LogP contribution is -2.10. The Bertz CT molecular complexity index is 1160. The Morgan fingerprint density at radius 1 is 0.654 bits per heavy atom. The molecule has 1 aliphatic rings. The van der Waals surface area contributed by atoms with E-state index in [4.69, 9.17) is 4.42 Å². The number of para-hydroxylation sites is 1. The number of benzene rings is 3. The van der Waals surface area contributed by atoms with Crippen molar-refractivity contribution in [2.24, 2.45) is 0 Å². The molecule has 0 fully saturated rings. The molecule has 0 bridgehead atoms. The van der Waals surface area contributed by atoms with Crippen molar-refractivity contribution in [3.63, 3.8) is 0 Å². The molecule has 3 aromatic carbocycles. The number of hydrogen-bond donors (Lipinski definition) is 0. The average Bonchev–Trinajstić information content (AvgIpc) is 2.84. The van der Waals surface area contributed by atoms with Gasteiger partial charge in [0.1, 0.15) is 5.58 Å². The van der Waals surface area contributed by atoms with Gasteiger partial charge in [-0.3, -0.25) is 0 Å². The Morgan fingerprint density at radius 2 is 1.23 bits per heavy atom. The highest BCUT2D eigenvalue weighted by molar-refractivity contribution is 5.84. The van der Waals surface area contributed by atoms with Gasteiger partial charge in [0.25, 0.3) is 0 Å². The van der Waals surface area contributed by atoms with Crippen LogP contribution in [0.3, 0.4) is 0 Å². The molecular weight excluding hydrogens is 320 g/mol. The van der Waals surface area contributed by atoms with Crippen LogP contribution in [0.5, 0.6) is 0 Å². The zero-order chi connectivity index (χ0) is 17.5. The second-order valence-corrected chi connectivity index (χ2v) is 6.54. The Hall–Kier alpha value is -3.39. The SMILES string of the molecule is O=c1cc(C2c3ccccc3C=Cc3ccccc32)c2ccccc2o1. The third-order valence-corrected chi connectivity index (χ3v) is 5.05. The summed E-state index contributed by atoms with van der Waals surface area (Å²) in [5, 5.41) is 0.976. The van der Waals surface area contributed by atoms with Gasteiger partial charge in [0, 0.05) is 17.4 Å². The molecule has 1 aliphatic carbocycles. The largest absolute Gasteiger partial charge is 0.423 e. The van der Waals surface area contributed by atoms with E-state index < -0.39 is 0 Å². The van der Waals surface area contributed by atoms with Crippen LogP contribution in [0.2, 0.25) is 0 Å². The van der Waals surface area contributed by atoms with Crippen LogP contribution in [0.25, 0.3) is 23.1 Å². The summed E-state index contributed by atoms with van der Waals surface area (Å²) >= 11 is 0. The molecule has 0 saturated carbocycles. The lowest BCUT2D eigenvalue weighted by atomic mass is 9.81. The van der Waals surface area contributed by atoms with Crippen LogP contribution in [0.15, 0.2) is 88.1 Å². The molecule has 0 unspecified atom stereocenters. The fraction of sp³-hybridized carbons (Fsp3) is 0.0417. The molecular formula is C24H16O2. The van der Waals surface area contributed by atoms with Gasteiger partial charge in [0.05, 0.1) is 0 Å². The molecule has 26 heavy (non-hydrogen) atoms. The van der Waals surface area contributed by atoms with E-state index in [1.807, 2.05) is 36.4 Å². The first-order valence-electron chi connectivity index (χ1n) is 8.70. The van der Waals surface area contributed by atoms with E-state index in [-0.39, 0.29) is 11.5 Å². The summed E-state index contributed by atoms with van der Waals surface area (Å²) in [6.45, 7) is 0. The van der Waals surface area contributed by atoms with E-state index in [9.17, 15) is 4.79 Å². The predicted molar refractivity (Wildman–Crippen MR) is 105 cm³/mol. The van der Waals surface area contributed by atoms with Gasteiger partial charge in [-0.1, -0.05) is 78.9 Å². The predicted octanol–water partition coefficient (Wildman–Crippen LogP) is 5.46. The van der Waals surface area contributed by atoms with Crippen molar-refractivity contribution >= 4 is 23.1 Å². The van der Waals surface area contributed by atoms with Crippen molar-refractivity contribution in [2.45, 2.75) is 5.92 Å². The first-order valence-corrected chi connectivity index (χ1v) is 8.70. The van der Waals surface area contributed by atoms with Gasteiger partial charge in [0.15, 0.2) is 0 Å². The zero-order valence-electron chi connectivity index (χ0n) is 14.1. The third kappa shape index (κ3) is 2.31. The minimum absolute atomic E-state index is 0.0219. The van der Waals surface area contributed by atoms with Gasteiger partial charge in [-0.2, -0.15) is 0 Å². The van der Waals surface area contributed by atoms with E-state index >= 15 is 0 Å². The molecule has 0 saturated heterocycles. The normalized spacial score (nSPS) is 13.2. The number of fused-ring (bicyclic) bond motifs is 3. The molecule has 5 rings (SSSR count). The van der Waals surface area contributed by atoms with E-state index in [1.54, 1.807) is 6.07 Å². The minimum atomic E-state index is -0.314. The minimum Gasteiger partial charge on any atom is -0.423 e. The molecule has 0 spiro atoms. The molecule has 0 aliphatic heterocycles. The smallest absolute Gasteiger partial charge is 0.336 e. The third-order valence-electron chi connectivity index (χ3n) is 5.05. The Labute approximate surface area is 151 Å². The molecule has 2 nitrogen and oxygen atoms in total. The zero-order valence-corrected chi connectivity index (χ0v) is 14.1. The quantitative estimate of drug-likeness (QED) is 0.381. The molecule has 4 aromatic rings. The average molecular weight is 336 g/mol. The van der Waals surface area contributed by atoms with Crippen molar-refractivity contribution in [1.82, 2.24) is 0 Å². The molecule has 124 valence electrons. The van der Waals surface area contributed by atoms with Crippen LogP contribution in [0.4, 0.5) is 0 Å². The van der Waals surface area contributed by atoms with Crippen LogP contribution in [0.1, 0.15) is 33.7 Å². The molecule has 0 radical (unpaired) electrons. The summed E-state index contributed by atoms with van der Waals surface area (Å²) in [7, 11) is 0.